The highest BCUT2D eigenvalue weighted by Gasteiger charge is 2.25. The number of benzene rings is 2. The molecule has 2 amide bonds. The maximum atomic E-state index is 12.5. The van der Waals surface area contributed by atoms with Crippen molar-refractivity contribution in [2.45, 2.75) is 50.6 Å². The first-order valence-corrected chi connectivity index (χ1v) is 9.84. The molecule has 0 bridgehead atoms. The van der Waals surface area contributed by atoms with Crippen molar-refractivity contribution < 1.29 is 14.5 Å². The van der Waals surface area contributed by atoms with Crippen molar-refractivity contribution in [2.24, 2.45) is 0 Å². The van der Waals surface area contributed by atoms with Crippen molar-refractivity contribution in [3.63, 3.8) is 0 Å². The summed E-state index contributed by atoms with van der Waals surface area (Å²) in [6.07, 6.45) is 3.83. The fourth-order valence-corrected chi connectivity index (χ4v) is 3.73. The van der Waals surface area contributed by atoms with Gasteiger partial charge in [-0.1, -0.05) is 36.4 Å². The molecule has 0 radical (unpaired) electrons. The van der Waals surface area contributed by atoms with Gasteiger partial charge < -0.3 is 10.6 Å². The third-order valence-electron chi connectivity index (χ3n) is 5.40. The third kappa shape index (κ3) is 5.40. The quantitative estimate of drug-likeness (QED) is 0.577. The number of nitrogens with one attached hydrogen (secondary N) is 2. The molecule has 1 aliphatic carbocycles. The van der Waals surface area contributed by atoms with Crippen molar-refractivity contribution in [2.75, 3.05) is 0 Å². The molecule has 0 unspecified atom stereocenters. The zero-order valence-electron chi connectivity index (χ0n) is 16.3. The van der Waals surface area contributed by atoms with E-state index in [1.54, 1.807) is 6.92 Å². The Hall–Kier alpha value is -3.22. The molecule has 1 saturated carbocycles. The predicted octanol–water partition coefficient (Wildman–Crippen LogP) is 3.56. The highest BCUT2D eigenvalue weighted by atomic mass is 16.6. The van der Waals surface area contributed by atoms with Crippen LogP contribution < -0.4 is 10.6 Å². The summed E-state index contributed by atoms with van der Waals surface area (Å²) in [5, 5.41) is 16.5. The van der Waals surface area contributed by atoms with Gasteiger partial charge in [0.05, 0.1) is 4.92 Å². The Morgan fingerprint density at radius 1 is 1.03 bits per heavy atom. The zero-order chi connectivity index (χ0) is 20.8. The Labute approximate surface area is 169 Å². The lowest BCUT2D eigenvalue weighted by Crippen LogP contribution is -2.48. The number of rotatable bonds is 6. The molecule has 0 heterocycles. The van der Waals surface area contributed by atoms with E-state index >= 15 is 0 Å². The Balaban J connectivity index is 1.49. The van der Waals surface area contributed by atoms with Crippen LogP contribution in [-0.4, -0.2) is 28.8 Å². The SMILES string of the molecule is C[C@H](NC(=O)c1cccc([N+](=O)[O-])c1)C(=O)NC1CCC(c2ccccc2)CC1. The first-order chi connectivity index (χ1) is 13.9. The molecule has 1 fully saturated rings. The summed E-state index contributed by atoms with van der Waals surface area (Å²) in [6.45, 7) is 1.61. The van der Waals surface area contributed by atoms with E-state index in [0.717, 1.165) is 25.7 Å². The van der Waals surface area contributed by atoms with Gasteiger partial charge in [-0.25, -0.2) is 0 Å². The van der Waals surface area contributed by atoms with Crippen molar-refractivity contribution in [3.05, 3.63) is 75.8 Å². The number of nitro groups is 1. The largest absolute Gasteiger partial charge is 0.352 e. The molecule has 29 heavy (non-hydrogen) atoms. The summed E-state index contributed by atoms with van der Waals surface area (Å²) < 4.78 is 0. The normalized spacial score (nSPS) is 19.8. The van der Waals surface area contributed by atoms with Crippen LogP contribution in [0.1, 0.15) is 54.4 Å². The van der Waals surface area contributed by atoms with E-state index in [2.05, 4.69) is 34.9 Å². The molecule has 0 aromatic heterocycles. The molecule has 2 aromatic rings. The van der Waals surface area contributed by atoms with Gasteiger partial charge in [-0.2, -0.15) is 0 Å². The van der Waals surface area contributed by atoms with Gasteiger partial charge in [0.25, 0.3) is 11.6 Å². The van der Waals surface area contributed by atoms with Gasteiger partial charge in [0.15, 0.2) is 0 Å². The van der Waals surface area contributed by atoms with Crippen LogP contribution in [0.5, 0.6) is 0 Å². The number of nitro benzene ring substituents is 1. The van der Waals surface area contributed by atoms with Gasteiger partial charge in [0.2, 0.25) is 5.91 Å². The van der Waals surface area contributed by atoms with Crippen LogP contribution in [0.4, 0.5) is 5.69 Å². The second kappa shape index (κ2) is 9.32. The topological polar surface area (TPSA) is 101 Å². The summed E-state index contributed by atoms with van der Waals surface area (Å²) in [5.41, 5.74) is 1.34. The first-order valence-electron chi connectivity index (χ1n) is 9.84. The number of carbonyl (C=O) groups excluding carboxylic acids is 2. The van der Waals surface area contributed by atoms with Gasteiger partial charge >= 0.3 is 0 Å². The third-order valence-corrected chi connectivity index (χ3v) is 5.40. The van der Waals surface area contributed by atoms with Crippen molar-refractivity contribution in [1.29, 1.82) is 0 Å². The average molecular weight is 395 g/mol. The molecule has 3 rings (SSSR count). The Morgan fingerprint density at radius 3 is 2.38 bits per heavy atom. The Morgan fingerprint density at radius 2 is 1.72 bits per heavy atom. The fraction of sp³-hybridized carbons (Fsp3) is 0.364. The average Bonchev–Trinajstić information content (AvgIpc) is 2.75. The molecule has 0 saturated heterocycles. The standard InChI is InChI=1S/C22H25N3O4/c1-15(23-22(27)18-8-5-9-20(14-18)25(28)29)21(26)24-19-12-10-17(11-13-19)16-6-3-2-4-7-16/h2-9,14-15,17,19H,10-13H2,1H3,(H,23,27)(H,24,26)/t15-,17?,19?/m0/s1. The summed E-state index contributed by atoms with van der Waals surface area (Å²) in [4.78, 5) is 35.1. The summed E-state index contributed by atoms with van der Waals surface area (Å²) >= 11 is 0. The van der Waals surface area contributed by atoms with E-state index in [-0.39, 0.29) is 23.2 Å². The van der Waals surface area contributed by atoms with Crippen LogP contribution in [0.3, 0.4) is 0 Å². The fourth-order valence-electron chi connectivity index (χ4n) is 3.73. The zero-order valence-corrected chi connectivity index (χ0v) is 16.3. The van der Waals surface area contributed by atoms with Gasteiger partial charge in [0, 0.05) is 23.7 Å². The van der Waals surface area contributed by atoms with E-state index in [9.17, 15) is 19.7 Å². The monoisotopic (exact) mass is 395 g/mol. The van der Waals surface area contributed by atoms with Gasteiger partial charge in [-0.15, -0.1) is 0 Å². The molecule has 2 N–H and O–H groups in total. The second-order valence-corrected chi connectivity index (χ2v) is 7.47. The smallest absolute Gasteiger partial charge is 0.270 e. The first kappa shape index (κ1) is 20.5. The molecule has 1 aliphatic rings. The summed E-state index contributed by atoms with van der Waals surface area (Å²) in [5.74, 6) is -0.230. The van der Waals surface area contributed by atoms with E-state index < -0.39 is 16.9 Å². The van der Waals surface area contributed by atoms with Crippen LogP contribution in [0, 0.1) is 10.1 Å². The summed E-state index contributed by atoms with van der Waals surface area (Å²) in [6, 6.07) is 15.2. The number of hydrogen-bond acceptors (Lipinski definition) is 4. The molecule has 0 spiro atoms. The molecule has 2 aromatic carbocycles. The second-order valence-electron chi connectivity index (χ2n) is 7.47. The lowest BCUT2D eigenvalue weighted by molar-refractivity contribution is -0.384. The Kier molecular flexibility index (Phi) is 6.59. The number of carbonyl (C=O) groups is 2. The molecular weight excluding hydrogens is 370 g/mol. The maximum absolute atomic E-state index is 12.5. The maximum Gasteiger partial charge on any atom is 0.270 e. The molecule has 7 heteroatoms. The van der Waals surface area contributed by atoms with Gasteiger partial charge in [-0.05, 0) is 50.2 Å². The van der Waals surface area contributed by atoms with E-state index in [0.29, 0.717) is 5.92 Å². The number of non-ortho nitro benzene ring substituents is 1. The van der Waals surface area contributed by atoms with Crippen LogP contribution >= 0.6 is 0 Å². The van der Waals surface area contributed by atoms with E-state index in [1.807, 2.05) is 6.07 Å². The molecular formula is C22H25N3O4. The van der Waals surface area contributed by atoms with Gasteiger partial charge in [0.1, 0.15) is 6.04 Å². The van der Waals surface area contributed by atoms with Crippen molar-refractivity contribution in [1.82, 2.24) is 10.6 Å². The Bertz CT molecular complexity index is 877. The lowest BCUT2D eigenvalue weighted by Gasteiger charge is -2.30. The number of hydrogen-bond donors (Lipinski definition) is 2. The van der Waals surface area contributed by atoms with Crippen molar-refractivity contribution in [3.8, 4) is 0 Å². The van der Waals surface area contributed by atoms with E-state index in [1.165, 1.54) is 29.8 Å². The van der Waals surface area contributed by atoms with Crippen molar-refractivity contribution >= 4 is 17.5 Å². The van der Waals surface area contributed by atoms with Gasteiger partial charge in [-0.3, -0.25) is 19.7 Å². The van der Waals surface area contributed by atoms with Crippen LogP contribution in [0.2, 0.25) is 0 Å². The minimum Gasteiger partial charge on any atom is -0.352 e. The van der Waals surface area contributed by atoms with Crippen LogP contribution in [-0.2, 0) is 4.79 Å². The van der Waals surface area contributed by atoms with Crippen LogP contribution in [0.25, 0.3) is 0 Å². The van der Waals surface area contributed by atoms with Crippen LogP contribution in [0.15, 0.2) is 54.6 Å². The minimum absolute atomic E-state index is 0.0969. The number of nitrogens with zero attached hydrogens (tertiary/aromatic N) is 1. The minimum atomic E-state index is -0.728. The summed E-state index contributed by atoms with van der Waals surface area (Å²) in [7, 11) is 0. The molecule has 0 aliphatic heterocycles. The molecule has 152 valence electrons. The highest BCUT2D eigenvalue weighted by molar-refractivity contribution is 5.97. The molecule has 1 atom stereocenters. The molecule has 7 nitrogen and oxygen atoms in total. The predicted molar refractivity (Wildman–Crippen MR) is 110 cm³/mol. The highest BCUT2D eigenvalue weighted by Crippen LogP contribution is 2.32. The number of amides is 2. The van der Waals surface area contributed by atoms with E-state index in [4.69, 9.17) is 0 Å². The lowest BCUT2D eigenvalue weighted by atomic mass is 9.82.